The molecule has 22 heavy (non-hydrogen) atoms. The van der Waals surface area contributed by atoms with Crippen molar-refractivity contribution in [2.24, 2.45) is 0 Å². The summed E-state index contributed by atoms with van der Waals surface area (Å²) in [6, 6.07) is 7.94. The van der Waals surface area contributed by atoms with E-state index in [1.54, 1.807) is 11.3 Å². The normalized spacial score (nSPS) is 11.5. The summed E-state index contributed by atoms with van der Waals surface area (Å²) in [6.45, 7) is 5.03. The molecule has 4 nitrogen and oxygen atoms in total. The summed E-state index contributed by atoms with van der Waals surface area (Å²) < 4.78 is 0. The average Bonchev–Trinajstić information content (AvgIpc) is 3.00. The van der Waals surface area contributed by atoms with Gasteiger partial charge in [-0.15, -0.1) is 11.3 Å². The number of hydrogen-bond acceptors (Lipinski definition) is 4. The number of rotatable bonds is 5. The quantitative estimate of drug-likeness (QED) is 0.733. The van der Waals surface area contributed by atoms with Gasteiger partial charge in [0.15, 0.2) is 5.78 Å². The largest absolute Gasteiger partial charge is 0.358 e. The summed E-state index contributed by atoms with van der Waals surface area (Å²) in [4.78, 5) is 22.4. The minimum absolute atomic E-state index is 0.143. The van der Waals surface area contributed by atoms with Gasteiger partial charge in [0.1, 0.15) is 0 Å². The summed E-state index contributed by atoms with van der Waals surface area (Å²) in [5, 5.41) is 4.11. The minimum Gasteiger partial charge on any atom is -0.358 e. The Morgan fingerprint density at radius 2 is 2.09 bits per heavy atom. The van der Waals surface area contributed by atoms with Gasteiger partial charge in [-0.2, -0.15) is 0 Å². The van der Waals surface area contributed by atoms with Crippen LogP contribution in [0.25, 0.3) is 10.9 Å². The molecule has 0 atom stereocenters. The lowest BCUT2D eigenvalue weighted by molar-refractivity contribution is 0.0943. The number of ketones is 1. The number of carbonyl (C=O) groups excluding carboxylic acids is 1. The van der Waals surface area contributed by atoms with Crippen LogP contribution in [-0.2, 0) is 6.54 Å². The second kappa shape index (κ2) is 6.02. The number of benzene rings is 1. The molecule has 0 aliphatic rings. The van der Waals surface area contributed by atoms with Crippen molar-refractivity contribution in [2.45, 2.75) is 20.4 Å². The van der Waals surface area contributed by atoms with E-state index in [1.165, 1.54) is 0 Å². The van der Waals surface area contributed by atoms with E-state index in [4.69, 9.17) is 0 Å². The van der Waals surface area contributed by atoms with Crippen LogP contribution in [0.1, 0.15) is 26.8 Å². The molecule has 0 saturated heterocycles. The first kappa shape index (κ1) is 14.9. The van der Waals surface area contributed by atoms with Gasteiger partial charge in [-0.25, -0.2) is 4.98 Å². The molecule has 2 heterocycles. The first-order valence-electron chi connectivity index (χ1n) is 7.24. The third-order valence-corrected chi connectivity index (χ3v) is 4.51. The Balaban J connectivity index is 1.77. The first-order valence-corrected chi connectivity index (χ1v) is 8.12. The number of fused-ring (bicyclic) bond motifs is 1. The fraction of sp³-hybridized carbons (Fsp3) is 0.294. The Kier molecular flexibility index (Phi) is 4.09. The molecule has 0 amide bonds. The van der Waals surface area contributed by atoms with Crippen LogP contribution in [0.4, 0.5) is 0 Å². The third kappa shape index (κ3) is 2.96. The van der Waals surface area contributed by atoms with E-state index in [1.807, 2.05) is 55.4 Å². The van der Waals surface area contributed by atoms with Gasteiger partial charge in [0.05, 0.1) is 17.2 Å². The van der Waals surface area contributed by atoms with Crippen molar-refractivity contribution >= 4 is 28.0 Å². The van der Waals surface area contributed by atoms with Crippen molar-refractivity contribution in [3.8, 4) is 0 Å². The van der Waals surface area contributed by atoms with Crippen LogP contribution in [0, 0.1) is 13.8 Å². The SMILES string of the molecule is Cc1nc(CN(C)CC(=O)c2c(C)[nH]c3ccccc23)cs1. The molecule has 0 radical (unpaired) electrons. The molecule has 5 heteroatoms. The van der Waals surface area contributed by atoms with Crippen LogP contribution in [0.3, 0.4) is 0 Å². The molecule has 2 aromatic heterocycles. The Morgan fingerprint density at radius 3 is 2.82 bits per heavy atom. The van der Waals surface area contributed by atoms with Crippen LogP contribution in [-0.4, -0.2) is 34.2 Å². The molecule has 1 aromatic carbocycles. The van der Waals surface area contributed by atoms with Gasteiger partial charge in [-0.3, -0.25) is 9.69 Å². The second-order valence-corrected chi connectivity index (χ2v) is 6.69. The van der Waals surface area contributed by atoms with Gasteiger partial charge in [0, 0.05) is 34.1 Å². The maximum atomic E-state index is 12.7. The summed E-state index contributed by atoms with van der Waals surface area (Å²) in [7, 11) is 1.96. The monoisotopic (exact) mass is 313 g/mol. The molecule has 114 valence electrons. The number of aromatic nitrogens is 2. The molecule has 0 saturated carbocycles. The molecular formula is C17H19N3OS. The lowest BCUT2D eigenvalue weighted by Gasteiger charge is -2.14. The summed E-state index contributed by atoms with van der Waals surface area (Å²) in [5.41, 5.74) is 3.77. The second-order valence-electron chi connectivity index (χ2n) is 5.62. The topological polar surface area (TPSA) is 49.0 Å². The summed E-state index contributed by atoms with van der Waals surface area (Å²) in [5.74, 6) is 0.143. The zero-order chi connectivity index (χ0) is 15.7. The van der Waals surface area contributed by atoms with E-state index in [0.717, 1.165) is 32.9 Å². The van der Waals surface area contributed by atoms with Gasteiger partial charge >= 0.3 is 0 Å². The number of thiazole rings is 1. The van der Waals surface area contributed by atoms with Crippen molar-refractivity contribution in [2.75, 3.05) is 13.6 Å². The molecule has 0 fully saturated rings. The fourth-order valence-corrected chi connectivity index (χ4v) is 3.38. The lowest BCUT2D eigenvalue weighted by Crippen LogP contribution is -2.26. The van der Waals surface area contributed by atoms with E-state index in [2.05, 4.69) is 9.97 Å². The van der Waals surface area contributed by atoms with Crippen molar-refractivity contribution in [3.05, 3.63) is 51.6 Å². The highest BCUT2D eigenvalue weighted by atomic mass is 32.1. The maximum Gasteiger partial charge on any atom is 0.179 e. The number of nitrogens with zero attached hydrogens (tertiary/aromatic N) is 2. The Hall–Kier alpha value is -1.98. The predicted molar refractivity (Wildman–Crippen MR) is 90.6 cm³/mol. The van der Waals surface area contributed by atoms with Gasteiger partial charge in [-0.05, 0) is 27.0 Å². The van der Waals surface area contributed by atoms with Crippen molar-refractivity contribution in [1.29, 1.82) is 0 Å². The average molecular weight is 313 g/mol. The molecule has 0 spiro atoms. The third-order valence-electron chi connectivity index (χ3n) is 3.68. The molecule has 3 aromatic rings. The fourth-order valence-electron chi connectivity index (χ4n) is 2.77. The van der Waals surface area contributed by atoms with E-state index < -0.39 is 0 Å². The van der Waals surface area contributed by atoms with Crippen LogP contribution in [0.2, 0.25) is 0 Å². The molecular weight excluding hydrogens is 294 g/mol. The highest BCUT2D eigenvalue weighted by Crippen LogP contribution is 2.22. The van der Waals surface area contributed by atoms with E-state index in [9.17, 15) is 4.79 Å². The number of para-hydroxylation sites is 1. The smallest absolute Gasteiger partial charge is 0.179 e. The molecule has 0 unspecified atom stereocenters. The number of carbonyl (C=O) groups is 1. The van der Waals surface area contributed by atoms with E-state index in [-0.39, 0.29) is 5.78 Å². The van der Waals surface area contributed by atoms with Gasteiger partial charge in [-0.1, -0.05) is 18.2 Å². The number of nitrogens with one attached hydrogen (secondary N) is 1. The van der Waals surface area contributed by atoms with Crippen LogP contribution < -0.4 is 0 Å². The zero-order valence-electron chi connectivity index (χ0n) is 13.0. The number of aryl methyl sites for hydroxylation is 2. The predicted octanol–water partition coefficient (Wildman–Crippen LogP) is 3.56. The number of likely N-dealkylation sites (N-methyl/N-ethyl adjacent to an activating group) is 1. The lowest BCUT2D eigenvalue weighted by atomic mass is 10.1. The van der Waals surface area contributed by atoms with Crippen LogP contribution in [0.15, 0.2) is 29.6 Å². The van der Waals surface area contributed by atoms with Gasteiger partial charge < -0.3 is 4.98 Å². The Morgan fingerprint density at radius 1 is 1.32 bits per heavy atom. The molecule has 1 N–H and O–H groups in total. The van der Waals surface area contributed by atoms with Gasteiger partial charge in [0.25, 0.3) is 0 Å². The molecule has 3 rings (SSSR count). The first-order chi connectivity index (χ1) is 10.5. The highest BCUT2D eigenvalue weighted by Gasteiger charge is 2.17. The number of Topliss-reactive ketones (excluding diaryl/α,β-unsaturated/α-hetero) is 1. The number of hydrogen-bond donors (Lipinski definition) is 1. The van der Waals surface area contributed by atoms with Crippen molar-refractivity contribution in [1.82, 2.24) is 14.9 Å². The van der Waals surface area contributed by atoms with Crippen molar-refractivity contribution < 1.29 is 4.79 Å². The van der Waals surface area contributed by atoms with Crippen LogP contribution in [0.5, 0.6) is 0 Å². The van der Waals surface area contributed by atoms with E-state index in [0.29, 0.717) is 13.1 Å². The molecule has 0 bridgehead atoms. The number of H-pyrrole nitrogens is 1. The van der Waals surface area contributed by atoms with Crippen molar-refractivity contribution in [3.63, 3.8) is 0 Å². The standard InChI is InChI=1S/C17H19N3OS/c1-11-17(14-6-4-5-7-15(14)18-11)16(21)9-20(3)8-13-10-22-12(2)19-13/h4-7,10,18H,8-9H2,1-3H3. The van der Waals surface area contributed by atoms with Gasteiger partial charge in [0.2, 0.25) is 0 Å². The maximum absolute atomic E-state index is 12.7. The molecule has 0 aliphatic heterocycles. The Bertz CT molecular complexity index is 818. The highest BCUT2D eigenvalue weighted by molar-refractivity contribution is 7.09. The summed E-state index contributed by atoms with van der Waals surface area (Å²) >= 11 is 1.64. The number of aromatic amines is 1. The zero-order valence-corrected chi connectivity index (χ0v) is 13.8. The molecule has 0 aliphatic carbocycles. The summed E-state index contributed by atoms with van der Waals surface area (Å²) in [6.07, 6.45) is 0. The van der Waals surface area contributed by atoms with E-state index >= 15 is 0 Å². The Labute approximate surface area is 133 Å². The minimum atomic E-state index is 0.143. The van der Waals surface area contributed by atoms with Crippen LogP contribution >= 0.6 is 11.3 Å².